The van der Waals surface area contributed by atoms with Gasteiger partial charge >= 0.3 is 5.97 Å². The standard InChI is InChI=1S/C13H18O3S/c1-8-5-6-10(17-4)9(11(8)14)7-13(2,3)12(15)16/h5-6,14H,7H2,1-4H3,(H,15,16). The van der Waals surface area contributed by atoms with Crippen LogP contribution in [0.3, 0.4) is 0 Å². The maximum Gasteiger partial charge on any atom is 0.309 e. The SMILES string of the molecule is CSc1ccc(C)c(O)c1CC(C)(C)C(=O)O. The number of thioether (sulfide) groups is 1. The molecule has 1 aromatic carbocycles. The highest BCUT2D eigenvalue weighted by atomic mass is 32.2. The second-order valence-corrected chi connectivity index (χ2v) is 5.63. The van der Waals surface area contributed by atoms with E-state index in [1.165, 1.54) is 11.8 Å². The van der Waals surface area contributed by atoms with Gasteiger partial charge in [-0.05, 0) is 45.1 Å². The molecule has 0 atom stereocenters. The highest BCUT2D eigenvalue weighted by molar-refractivity contribution is 7.98. The van der Waals surface area contributed by atoms with Crippen LogP contribution in [0.15, 0.2) is 17.0 Å². The van der Waals surface area contributed by atoms with Gasteiger partial charge in [-0.15, -0.1) is 11.8 Å². The Balaban J connectivity index is 3.21. The van der Waals surface area contributed by atoms with E-state index in [1.807, 2.05) is 25.3 Å². The van der Waals surface area contributed by atoms with Crippen LogP contribution in [0.2, 0.25) is 0 Å². The van der Waals surface area contributed by atoms with E-state index in [-0.39, 0.29) is 5.75 Å². The van der Waals surface area contributed by atoms with Gasteiger partial charge in [0, 0.05) is 10.5 Å². The second kappa shape index (κ2) is 5.00. The number of aliphatic carboxylic acids is 1. The molecule has 3 nitrogen and oxygen atoms in total. The summed E-state index contributed by atoms with van der Waals surface area (Å²) in [7, 11) is 0. The number of rotatable bonds is 4. The number of phenolic OH excluding ortho intramolecular Hbond substituents is 1. The van der Waals surface area contributed by atoms with E-state index in [0.717, 1.165) is 16.0 Å². The third-order valence-corrected chi connectivity index (χ3v) is 3.68. The molecule has 1 aromatic rings. The Labute approximate surface area is 106 Å². The average Bonchev–Trinajstić information content (AvgIpc) is 2.25. The van der Waals surface area contributed by atoms with Crippen molar-refractivity contribution in [2.75, 3.05) is 6.26 Å². The van der Waals surface area contributed by atoms with Gasteiger partial charge in [0.2, 0.25) is 0 Å². The molecule has 0 spiro atoms. The van der Waals surface area contributed by atoms with Gasteiger partial charge in [-0.3, -0.25) is 4.79 Å². The van der Waals surface area contributed by atoms with E-state index in [4.69, 9.17) is 5.11 Å². The molecular formula is C13H18O3S. The molecule has 0 fully saturated rings. The fourth-order valence-corrected chi connectivity index (χ4v) is 2.23. The molecule has 0 unspecified atom stereocenters. The maximum absolute atomic E-state index is 11.1. The van der Waals surface area contributed by atoms with Crippen molar-refractivity contribution < 1.29 is 15.0 Å². The molecule has 0 saturated heterocycles. The summed E-state index contributed by atoms with van der Waals surface area (Å²) in [6.45, 7) is 5.15. The van der Waals surface area contributed by atoms with Crippen molar-refractivity contribution in [1.82, 2.24) is 0 Å². The van der Waals surface area contributed by atoms with Gasteiger partial charge in [0.15, 0.2) is 0 Å². The minimum atomic E-state index is -0.879. The number of carboxylic acid groups (broad SMARTS) is 1. The van der Waals surface area contributed by atoms with Gasteiger partial charge in [-0.1, -0.05) is 6.07 Å². The number of aromatic hydroxyl groups is 1. The Hall–Kier alpha value is -1.16. The first-order valence-electron chi connectivity index (χ1n) is 5.38. The Morgan fingerprint density at radius 1 is 1.41 bits per heavy atom. The quantitative estimate of drug-likeness (QED) is 0.811. The van der Waals surface area contributed by atoms with Crippen LogP contribution in [0.5, 0.6) is 5.75 Å². The van der Waals surface area contributed by atoms with Crippen molar-refractivity contribution in [2.24, 2.45) is 5.41 Å². The highest BCUT2D eigenvalue weighted by Gasteiger charge is 2.29. The molecule has 1 rings (SSSR count). The van der Waals surface area contributed by atoms with Crippen LogP contribution in [-0.2, 0) is 11.2 Å². The zero-order chi connectivity index (χ0) is 13.2. The van der Waals surface area contributed by atoms with Crippen LogP contribution in [-0.4, -0.2) is 22.4 Å². The van der Waals surface area contributed by atoms with Crippen LogP contribution in [0, 0.1) is 12.3 Å². The molecule has 0 bridgehead atoms. The van der Waals surface area contributed by atoms with Crippen molar-refractivity contribution in [3.8, 4) is 5.75 Å². The number of carbonyl (C=O) groups is 1. The maximum atomic E-state index is 11.1. The molecule has 0 amide bonds. The predicted octanol–water partition coefficient (Wildman–Crippen LogP) is 3.08. The van der Waals surface area contributed by atoms with E-state index >= 15 is 0 Å². The molecule has 0 saturated carbocycles. The molecule has 0 heterocycles. The lowest BCUT2D eigenvalue weighted by molar-refractivity contribution is -0.146. The van der Waals surface area contributed by atoms with Crippen LogP contribution in [0.25, 0.3) is 0 Å². The topological polar surface area (TPSA) is 57.5 Å². The summed E-state index contributed by atoms with van der Waals surface area (Å²) >= 11 is 1.52. The Morgan fingerprint density at radius 2 is 2.00 bits per heavy atom. The van der Waals surface area contributed by atoms with Gasteiger partial charge in [0.1, 0.15) is 5.75 Å². The molecular weight excluding hydrogens is 236 g/mol. The number of hydrogen-bond donors (Lipinski definition) is 2. The zero-order valence-corrected chi connectivity index (χ0v) is 11.4. The first-order valence-corrected chi connectivity index (χ1v) is 6.61. The van der Waals surface area contributed by atoms with Crippen LogP contribution >= 0.6 is 11.8 Å². The molecule has 0 aliphatic heterocycles. The number of benzene rings is 1. The normalized spacial score (nSPS) is 11.5. The van der Waals surface area contributed by atoms with E-state index in [1.54, 1.807) is 13.8 Å². The first kappa shape index (κ1) is 13.9. The molecule has 2 N–H and O–H groups in total. The summed E-state index contributed by atoms with van der Waals surface area (Å²) < 4.78 is 0. The van der Waals surface area contributed by atoms with Crippen molar-refractivity contribution in [2.45, 2.75) is 32.1 Å². The smallest absolute Gasteiger partial charge is 0.309 e. The van der Waals surface area contributed by atoms with Crippen molar-refractivity contribution in [1.29, 1.82) is 0 Å². The minimum absolute atomic E-state index is 0.214. The van der Waals surface area contributed by atoms with Crippen LogP contribution in [0.1, 0.15) is 25.0 Å². The summed E-state index contributed by atoms with van der Waals surface area (Å²) in [5, 5.41) is 19.2. The van der Waals surface area contributed by atoms with Crippen molar-refractivity contribution in [3.63, 3.8) is 0 Å². The Morgan fingerprint density at radius 3 is 2.47 bits per heavy atom. The van der Waals surface area contributed by atoms with Gasteiger partial charge in [0.05, 0.1) is 5.41 Å². The summed E-state index contributed by atoms with van der Waals surface area (Å²) in [5.74, 6) is -0.642. The molecule has 0 radical (unpaired) electrons. The Kier molecular flexibility index (Phi) is 4.09. The fourth-order valence-electron chi connectivity index (χ4n) is 1.61. The van der Waals surface area contributed by atoms with Crippen molar-refractivity contribution in [3.05, 3.63) is 23.3 Å². The van der Waals surface area contributed by atoms with Gasteiger partial charge in [0.25, 0.3) is 0 Å². The molecule has 0 aliphatic carbocycles. The molecule has 0 aromatic heterocycles. The summed E-state index contributed by atoms with van der Waals surface area (Å²) in [6, 6.07) is 3.77. The van der Waals surface area contributed by atoms with Gasteiger partial charge in [-0.2, -0.15) is 0 Å². The first-order chi connectivity index (χ1) is 7.79. The van der Waals surface area contributed by atoms with E-state index < -0.39 is 11.4 Å². The van der Waals surface area contributed by atoms with Gasteiger partial charge < -0.3 is 10.2 Å². The molecule has 4 heteroatoms. The van der Waals surface area contributed by atoms with E-state index in [0.29, 0.717) is 6.42 Å². The lowest BCUT2D eigenvalue weighted by Crippen LogP contribution is -2.26. The lowest BCUT2D eigenvalue weighted by atomic mass is 9.85. The summed E-state index contributed by atoms with van der Waals surface area (Å²) in [6.07, 6.45) is 2.24. The summed E-state index contributed by atoms with van der Waals surface area (Å²) in [4.78, 5) is 12.1. The molecule has 17 heavy (non-hydrogen) atoms. The van der Waals surface area contributed by atoms with Crippen LogP contribution < -0.4 is 0 Å². The van der Waals surface area contributed by atoms with Gasteiger partial charge in [-0.25, -0.2) is 0 Å². The zero-order valence-electron chi connectivity index (χ0n) is 10.6. The molecule has 0 aliphatic rings. The van der Waals surface area contributed by atoms with E-state index in [2.05, 4.69) is 0 Å². The number of carboxylic acids is 1. The number of phenols is 1. The predicted molar refractivity (Wildman–Crippen MR) is 69.7 cm³/mol. The van der Waals surface area contributed by atoms with E-state index in [9.17, 15) is 9.90 Å². The summed E-state index contributed by atoms with van der Waals surface area (Å²) in [5.41, 5.74) is 0.624. The lowest BCUT2D eigenvalue weighted by Gasteiger charge is -2.22. The highest BCUT2D eigenvalue weighted by Crippen LogP contribution is 2.36. The third-order valence-electron chi connectivity index (χ3n) is 2.86. The number of aryl methyl sites for hydroxylation is 1. The number of hydrogen-bond acceptors (Lipinski definition) is 3. The fraction of sp³-hybridized carbons (Fsp3) is 0.462. The second-order valence-electron chi connectivity index (χ2n) is 4.78. The largest absolute Gasteiger partial charge is 0.507 e. The monoisotopic (exact) mass is 254 g/mol. The van der Waals surface area contributed by atoms with Crippen LogP contribution in [0.4, 0.5) is 0 Å². The average molecular weight is 254 g/mol. The third kappa shape index (κ3) is 2.94. The molecule has 94 valence electrons. The Bertz CT molecular complexity index is 439. The van der Waals surface area contributed by atoms with Crippen molar-refractivity contribution >= 4 is 17.7 Å². The minimum Gasteiger partial charge on any atom is -0.507 e.